The van der Waals surface area contributed by atoms with E-state index >= 15 is 0 Å². The predicted molar refractivity (Wildman–Crippen MR) is 61.0 cm³/mol. The highest BCUT2D eigenvalue weighted by atomic mass is 14.0. The minimum absolute atomic E-state index is 0.700. The third-order valence-corrected chi connectivity index (χ3v) is 2.40. The maximum atomic E-state index is 2.31. The molecule has 0 nitrogen and oxygen atoms in total. The van der Waals surface area contributed by atoms with Crippen LogP contribution in [0.3, 0.4) is 0 Å². The molecule has 0 aliphatic heterocycles. The second-order valence-electron chi connectivity index (χ2n) is 3.61. The maximum Gasteiger partial charge on any atom is 0.147 e. The first-order valence-electron chi connectivity index (χ1n) is 5.15. The second kappa shape index (κ2) is 5.85. The van der Waals surface area contributed by atoms with Gasteiger partial charge in [-0.05, 0) is 25.2 Å². The number of hydrogen-bond donors (Lipinski definition) is 0. The Morgan fingerprint density at radius 2 is 2.23 bits per heavy atom. The van der Waals surface area contributed by atoms with Gasteiger partial charge in [-0.25, -0.2) is 0 Å². The summed E-state index contributed by atoms with van der Waals surface area (Å²) < 4.78 is 0. The molecule has 1 rings (SSSR count). The fraction of sp³-hybridized carbons (Fsp3) is 0.500. The van der Waals surface area contributed by atoms with Crippen LogP contribution in [-0.4, -0.2) is 7.28 Å². The van der Waals surface area contributed by atoms with Crippen LogP contribution in [0.25, 0.3) is 0 Å². The Morgan fingerprint density at radius 1 is 1.38 bits per heavy atom. The molecule has 0 bridgehead atoms. The van der Waals surface area contributed by atoms with E-state index in [1.54, 1.807) is 0 Å². The van der Waals surface area contributed by atoms with Crippen molar-refractivity contribution in [2.75, 3.05) is 0 Å². The normalized spacial score (nSPS) is 26.3. The van der Waals surface area contributed by atoms with Crippen LogP contribution < -0.4 is 0 Å². The van der Waals surface area contributed by atoms with Gasteiger partial charge in [0.25, 0.3) is 0 Å². The molecule has 0 aromatic heterocycles. The fourth-order valence-electron chi connectivity index (χ4n) is 1.43. The Morgan fingerprint density at radius 3 is 3.00 bits per heavy atom. The third kappa shape index (κ3) is 4.16. The van der Waals surface area contributed by atoms with Gasteiger partial charge in [0.2, 0.25) is 0 Å². The lowest BCUT2D eigenvalue weighted by molar-refractivity contribution is 0.657. The van der Waals surface area contributed by atoms with Gasteiger partial charge in [-0.3, -0.25) is 0 Å². The van der Waals surface area contributed by atoms with E-state index in [9.17, 15) is 0 Å². The average Bonchev–Trinajstić information content (AvgIpc) is 2.16. The molecule has 0 saturated carbocycles. The van der Waals surface area contributed by atoms with Gasteiger partial charge in [0, 0.05) is 0 Å². The van der Waals surface area contributed by atoms with Crippen LogP contribution in [0.5, 0.6) is 0 Å². The van der Waals surface area contributed by atoms with E-state index in [0.717, 1.165) is 6.42 Å². The van der Waals surface area contributed by atoms with E-state index < -0.39 is 0 Å². The number of hydrogen-bond acceptors (Lipinski definition) is 0. The van der Waals surface area contributed by atoms with Crippen molar-refractivity contribution in [3.05, 3.63) is 35.9 Å². The lowest BCUT2D eigenvalue weighted by atomic mass is 9.71. The molecule has 0 amide bonds. The van der Waals surface area contributed by atoms with Gasteiger partial charge >= 0.3 is 0 Å². The molecule has 0 unspecified atom stereocenters. The van der Waals surface area contributed by atoms with Gasteiger partial charge in [0.15, 0.2) is 0 Å². The molecule has 0 aromatic rings. The summed E-state index contributed by atoms with van der Waals surface area (Å²) >= 11 is 0. The molecule has 1 heteroatoms. The lowest BCUT2D eigenvalue weighted by Crippen LogP contribution is -1.92. The van der Waals surface area contributed by atoms with Crippen LogP contribution in [0.15, 0.2) is 35.9 Å². The van der Waals surface area contributed by atoms with E-state index in [-0.39, 0.29) is 0 Å². The van der Waals surface area contributed by atoms with Gasteiger partial charge < -0.3 is 0 Å². The summed E-state index contributed by atoms with van der Waals surface area (Å²) in [5, 5.41) is 0. The molecule has 13 heavy (non-hydrogen) atoms. The molecule has 0 fully saturated rings. The van der Waals surface area contributed by atoms with Gasteiger partial charge in [0.05, 0.1) is 0 Å². The fourth-order valence-corrected chi connectivity index (χ4v) is 1.43. The molecule has 0 saturated heterocycles. The molecular weight excluding hydrogens is 155 g/mol. The van der Waals surface area contributed by atoms with E-state index in [0.29, 0.717) is 5.92 Å². The molecule has 1 radical (unpaired) electrons. The van der Waals surface area contributed by atoms with E-state index in [4.69, 9.17) is 0 Å². The van der Waals surface area contributed by atoms with Gasteiger partial charge in [-0.2, -0.15) is 0 Å². The Labute approximate surface area is 82.7 Å². The quantitative estimate of drug-likeness (QED) is 0.420. The minimum Gasteiger partial charge on any atom is -0.0920 e. The first kappa shape index (κ1) is 10.4. The van der Waals surface area contributed by atoms with Crippen LogP contribution in [0, 0.1) is 5.92 Å². The highest BCUT2D eigenvalue weighted by Crippen LogP contribution is 2.11. The van der Waals surface area contributed by atoms with Crippen LogP contribution in [0.1, 0.15) is 26.2 Å². The highest BCUT2D eigenvalue weighted by molar-refractivity contribution is 6.44. The van der Waals surface area contributed by atoms with Gasteiger partial charge in [-0.1, -0.05) is 49.6 Å². The monoisotopic (exact) mass is 173 g/mol. The number of rotatable bonds is 1. The maximum absolute atomic E-state index is 2.31. The zero-order valence-electron chi connectivity index (χ0n) is 8.66. The number of allylic oxidation sites excluding steroid dienone is 6. The topological polar surface area (TPSA) is 0 Å². The Hall–Kier alpha value is -0.715. The minimum atomic E-state index is 0.700. The summed E-state index contributed by atoms with van der Waals surface area (Å²) in [6.45, 7) is 4.37. The molecule has 1 aliphatic rings. The zero-order chi connectivity index (χ0) is 9.52. The summed E-state index contributed by atoms with van der Waals surface area (Å²) in [6, 6.07) is 0. The molecule has 0 N–H and O–H groups in total. The van der Waals surface area contributed by atoms with Crippen LogP contribution in [0.4, 0.5) is 0 Å². The zero-order valence-corrected chi connectivity index (χ0v) is 8.66. The molecule has 0 heterocycles. The van der Waals surface area contributed by atoms with Crippen molar-refractivity contribution in [1.82, 2.24) is 0 Å². The van der Waals surface area contributed by atoms with Gasteiger partial charge in [0.1, 0.15) is 7.28 Å². The Bertz CT molecular complexity index is 223. The smallest absolute Gasteiger partial charge is 0.0920 e. The van der Waals surface area contributed by atoms with Crippen molar-refractivity contribution >= 4 is 7.28 Å². The van der Waals surface area contributed by atoms with Crippen LogP contribution in [-0.2, 0) is 0 Å². The van der Waals surface area contributed by atoms with E-state index in [2.05, 4.69) is 51.4 Å². The van der Waals surface area contributed by atoms with E-state index in [1.807, 2.05) is 0 Å². The average molecular weight is 173 g/mol. The predicted octanol–water partition coefficient (Wildman–Crippen LogP) is 3.56. The van der Waals surface area contributed by atoms with Crippen molar-refractivity contribution in [1.29, 1.82) is 0 Å². The highest BCUT2D eigenvalue weighted by Gasteiger charge is 1.97. The Balaban J connectivity index is 2.66. The van der Waals surface area contributed by atoms with Crippen molar-refractivity contribution < 1.29 is 0 Å². The summed E-state index contributed by atoms with van der Waals surface area (Å²) in [5.74, 6) is 0.700. The SMILES string of the molecule is C[B]C1=CC/C=C/CC[C@H](C)C=C1. The van der Waals surface area contributed by atoms with Crippen molar-refractivity contribution in [2.45, 2.75) is 33.0 Å². The third-order valence-electron chi connectivity index (χ3n) is 2.40. The lowest BCUT2D eigenvalue weighted by Gasteiger charge is -2.05. The van der Waals surface area contributed by atoms with Crippen LogP contribution in [0.2, 0.25) is 6.82 Å². The Kier molecular flexibility index (Phi) is 4.66. The molecular formula is C12H18B. The van der Waals surface area contributed by atoms with Crippen molar-refractivity contribution in [3.63, 3.8) is 0 Å². The molecule has 69 valence electrons. The van der Waals surface area contributed by atoms with Crippen molar-refractivity contribution in [3.8, 4) is 0 Å². The van der Waals surface area contributed by atoms with E-state index in [1.165, 1.54) is 18.3 Å². The second-order valence-corrected chi connectivity index (χ2v) is 3.61. The first-order valence-corrected chi connectivity index (χ1v) is 5.15. The largest absolute Gasteiger partial charge is 0.147 e. The first-order chi connectivity index (χ1) is 6.33. The summed E-state index contributed by atoms with van der Waals surface area (Å²) in [6.07, 6.45) is 14.9. The van der Waals surface area contributed by atoms with Gasteiger partial charge in [-0.15, -0.1) is 0 Å². The molecule has 0 spiro atoms. The van der Waals surface area contributed by atoms with Crippen molar-refractivity contribution in [2.24, 2.45) is 5.92 Å². The standard InChI is InChI=1S/C12H18B/c1-11-7-5-3-4-6-8-12(13-2)10-9-11/h3-4,8-11H,5-7H2,1-2H3/b4-3+,10-9?,12-8?/t11-/m0/s1. The van der Waals surface area contributed by atoms with Crippen LogP contribution >= 0.6 is 0 Å². The molecule has 0 aromatic carbocycles. The molecule has 1 atom stereocenters. The summed E-state index contributed by atoms with van der Waals surface area (Å²) in [4.78, 5) is 0. The molecule has 1 aliphatic carbocycles. The summed E-state index contributed by atoms with van der Waals surface area (Å²) in [5.41, 5.74) is 1.35. The summed E-state index contributed by atoms with van der Waals surface area (Å²) in [7, 11) is 2.17.